The first kappa shape index (κ1) is 35.4. The van der Waals surface area contributed by atoms with Crippen LogP contribution in [0.5, 0.6) is 5.75 Å². The van der Waals surface area contributed by atoms with Crippen molar-refractivity contribution in [1.82, 2.24) is 20.5 Å². The van der Waals surface area contributed by atoms with Gasteiger partial charge in [-0.15, -0.1) is 11.8 Å². The molecule has 14 heteroatoms. The molecule has 2 saturated carbocycles. The molecule has 4 aliphatic rings. The molecule has 266 valence electrons. The molecule has 3 N–H and O–H groups in total. The number of thioether (sulfide) groups is 1. The Morgan fingerprint density at radius 2 is 1.90 bits per heavy atom. The van der Waals surface area contributed by atoms with E-state index in [-0.39, 0.29) is 36.4 Å². The van der Waals surface area contributed by atoms with E-state index < -0.39 is 53.6 Å². The van der Waals surface area contributed by atoms with E-state index in [0.29, 0.717) is 30.2 Å². The Bertz CT molecular complexity index is 1710. The van der Waals surface area contributed by atoms with Gasteiger partial charge in [0.05, 0.1) is 16.9 Å². The van der Waals surface area contributed by atoms with E-state index in [1.165, 1.54) is 22.7 Å². The van der Waals surface area contributed by atoms with Crippen LogP contribution in [0.3, 0.4) is 0 Å². The maximum atomic E-state index is 14.4. The minimum absolute atomic E-state index is 0.0304. The van der Waals surface area contributed by atoms with Crippen molar-refractivity contribution in [3.63, 3.8) is 0 Å². The second-order valence-corrected chi connectivity index (χ2v) is 14.3. The molecule has 2 aliphatic heterocycles. The number of para-hydroxylation sites is 1. The van der Waals surface area contributed by atoms with Gasteiger partial charge in [0, 0.05) is 28.7 Å². The van der Waals surface area contributed by atoms with E-state index in [4.69, 9.17) is 13.9 Å². The normalized spacial score (nSPS) is 28.0. The fourth-order valence-electron chi connectivity index (χ4n) is 7.34. The Balaban J connectivity index is 1.32. The maximum Gasteiger partial charge on any atom is 0.605 e. The third-order valence-electron chi connectivity index (χ3n) is 10.1. The molecule has 0 radical (unpaired) electrons. The van der Waals surface area contributed by atoms with E-state index in [2.05, 4.69) is 22.4 Å². The number of aromatic carboxylic acids is 1. The summed E-state index contributed by atoms with van der Waals surface area (Å²) in [5.41, 5.74) is -1.05. The van der Waals surface area contributed by atoms with Gasteiger partial charge in [0.1, 0.15) is 30.0 Å². The van der Waals surface area contributed by atoms with Gasteiger partial charge in [-0.25, -0.2) is 14.6 Å². The minimum Gasteiger partial charge on any atom is -0.488 e. The van der Waals surface area contributed by atoms with Gasteiger partial charge in [-0.3, -0.25) is 14.0 Å². The minimum atomic E-state index is -1.31. The van der Waals surface area contributed by atoms with Gasteiger partial charge in [0.25, 0.3) is 0 Å². The van der Waals surface area contributed by atoms with Crippen molar-refractivity contribution >= 4 is 59.3 Å². The first-order valence-corrected chi connectivity index (χ1v) is 18.5. The number of carboxylic acid groups (broad SMARTS) is 1. The molecule has 3 amide bonds. The average molecular weight is 708 g/mol. The average Bonchev–Trinajstić information content (AvgIpc) is 3.38. The van der Waals surface area contributed by atoms with Crippen LogP contribution in [0.15, 0.2) is 41.3 Å². The lowest BCUT2D eigenvalue weighted by Crippen LogP contribution is -2.56. The summed E-state index contributed by atoms with van der Waals surface area (Å²) >= 11 is 1.42. The van der Waals surface area contributed by atoms with E-state index >= 15 is 0 Å². The number of carbonyl (C=O) groups is 5. The third-order valence-corrected chi connectivity index (χ3v) is 10.9. The highest BCUT2D eigenvalue weighted by Crippen LogP contribution is 2.46. The molecule has 1 aromatic carbocycles. The zero-order valence-electron chi connectivity index (χ0n) is 28.1. The zero-order valence-corrected chi connectivity index (χ0v) is 28.9. The molecule has 1 saturated heterocycles. The number of carboxylic acids is 1. The quantitative estimate of drug-likeness (QED) is 0.214. The van der Waals surface area contributed by atoms with Crippen molar-refractivity contribution in [3.05, 3.63) is 42.1 Å². The Morgan fingerprint density at radius 1 is 1.12 bits per heavy atom. The number of hydrogen-bond donors (Lipinski definition) is 3. The Morgan fingerprint density at radius 3 is 2.64 bits per heavy atom. The fourth-order valence-corrected chi connectivity index (χ4v) is 7.90. The molecule has 5 atom stereocenters. The summed E-state index contributed by atoms with van der Waals surface area (Å²) in [7, 11) is 0. The smallest absolute Gasteiger partial charge is 0.488 e. The van der Waals surface area contributed by atoms with Crippen LogP contribution in [0.4, 0.5) is 4.79 Å². The Labute approximate surface area is 294 Å². The van der Waals surface area contributed by atoms with Crippen molar-refractivity contribution in [2.24, 2.45) is 5.92 Å². The van der Waals surface area contributed by atoms with Crippen molar-refractivity contribution < 1.29 is 43.0 Å². The number of carbonyl (C=O) groups excluding carboxylic acids is 5. The molecular weight excluding hydrogens is 664 g/mol. The molecule has 6 rings (SSSR count). The number of ether oxygens (including phenoxy) is 2. The van der Waals surface area contributed by atoms with Gasteiger partial charge in [0.15, 0.2) is 12.5 Å². The van der Waals surface area contributed by atoms with Crippen LogP contribution in [0.2, 0.25) is 0 Å². The van der Waals surface area contributed by atoms with Crippen molar-refractivity contribution in [2.45, 2.75) is 105 Å². The number of allylic oxidation sites excluding steroid dienone is 1. The lowest BCUT2D eigenvalue weighted by molar-refractivity contribution is -0.372. The van der Waals surface area contributed by atoms with Gasteiger partial charge in [0.2, 0.25) is 17.4 Å². The molecule has 2 aromatic rings. The highest BCUT2D eigenvalue weighted by molar-refractivity contribution is 7.98. The second kappa shape index (κ2) is 15.2. The highest BCUT2D eigenvalue weighted by Gasteiger charge is 2.68. The van der Waals surface area contributed by atoms with Gasteiger partial charge in [-0.2, -0.15) is 0 Å². The number of amides is 3. The fraction of sp³-hybridized carbons (Fsp3) is 0.528. The largest absolute Gasteiger partial charge is 0.605 e. The Hall–Kier alpha value is -4.46. The molecule has 3 fully saturated rings. The summed E-state index contributed by atoms with van der Waals surface area (Å²) in [4.78, 5) is 73.1. The van der Waals surface area contributed by atoms with Crippen LogP contribution < -0.4 is 15.4 Å². The van der Waals surface area contributed by atoms with Gasteiger partial charge >= 0.3 is 18.0 Å². The molecule has 0 spiro atoms. The van der Waals surface area contributed by atoms with E-state index in [1.54, 1.807) is 6.07 Å². The maximum absolute atomic E-state index is 14.4. The number of fused-ring (bicyclic) bond motifs is 3. The second-order valence-electron chi connectivity index (χ2n) is 13.4. The predicted molar refractivity (Wildman–Crippen MR) is 184 cm³/mol. The number of rotatable bonds is 7. The van der Waals surface area contributed by atoms with Crippen LogP contribution in [-0.4, -0.2) is 94.3 Å². The molecule has 13 nitrogen and oxygen atoms in total. The van der Waals surface area contributed by atoms with Crippen LogP contribution >= 0.6 is 11.8 Å². The molecular formula is C36H43N4O9S+. The highest BCUT2D eigenvalue weighted by atomic mass is 32.2. The monoisotopic (exact) mass is 707 g/mol. The summed E-state index contributed by atoms with van der Waals surface area (Å²) in [6.07, 6.45) is 11.4. The number of alkyl carbamates (subject to hydrolysis) is 1. The molecule has 0 bridgehead atoms. The summed E-state index contributed by atoms with van der Waals surface area (Å²) in [6, 6.07) is 4.75. The topological polar surface area (TPSA) is 176 Å². The van der Waals surface area contributed by atoms with Gasteiger partial charge in [-0.1, -0.05) is 31.1 Å². The van der Waals surface area contributed by atoms with Crippen LogP contribution in [-0.2, 0) is 23.5 Å². The summed E-state index contributed by atoms with van der Waals surface area (Å²) in [5, 5.41) is 16.1. The molecule has 1 unspecified atom stereocenters. The molecule has 1 aromatic heterocycles. The molecule has 3 heterocycles. The number of nitrogens with one attached hydrogen (secondary N) is 2. The zero-order chi connectivity index (χ0) is 35.4. The van der Waals surface area contributed by atoms with Gasteiger partial charge in [-0.05, 0) is 69.8 Å². The molecule has 2 aliphatic carbocycles. The van der Waals surface area contributed by atoms with Crippen LogP contribution in [0.25, 0.3) is 10.9 Å². The lowest BCUT2D eigenvalue weighted by atomic mass is 10.0. The number of nitrogens with zero attached hydrogens (tertiary/aromatic N) is 2. The Kier molecular flexibility index (Phi) is 10.7. The van der Waals surface area contributed by atoms with Crippen molar-refractivity contribution in [2.75, 3.05) is 12.8 Å². The van der Waals surface area contributed by atoms with E-state index in [9.17, 15) is 29.1 Å². The number of benzene rings is 1. The lowest BCUT2D eigenvalue weighted by Gasteiger charge is -2.29. The predicted octanol–water partition coefficient (Wildman–Crippen LogP) is 4.33. The van der Waals surface area contributed by atoms with E-state index in [1.807, 2.05) is 30.5 Å². The first-order chi connectivity index (χ1) is 24.1. The number of pyridine rings is 1. The summed E-state index contributed by atoms with van der Waals surface area (Å²) in [6.45, 7) is 3.25. The number of hydrogen-bond acceptors (Lipinski definition) is 9. The van der Waals surface area contributed by atoms with E-state index in [0.717, 1.165) is 49.8 Å². The van der Waals surface area contributed by atoms with Gasteiger partial charge < -0.3 is 30.1 Å². The first-order valence-electron chi connectivity index (χ1n) is 17.2. The third kappa shape index (κ3) is 7.49. The van der Waals surface area contributed by atoms with Crippen molar-refractivity contribution in [3.8, 4) is 5.75 Å². The summed E-state index contributed by atoms with van der Waals surface area (Å²) < 4.78 is 16.9. The van der Waals surface area contributed by atoms with Crippen molar-refractivity contribution in [1.29, 1.82) is 0 Å². The number of aromatic nitrogens is 1. The van der Waals surface area contributed by atoms with Crippen LogP contribution in [0, 0.1) is 5.92 Å². The van der Waals surface area contributed by atoms with Crippen LogP contribution in [0.1, 0.15) is 81.1 Å². The molecule has 50 heavy (non-hydrogen) atoms. The standard InChI is InChI=1S/C36H42N4O9S/c1-47-34(45)36-19-21(36)11-6-4-3-5-7-15-25(38-35(46)49-22-12-8-9-13-22)32(42)40-20-23(17-27(40)31(41)39-36)48-28-18-26(33(43)44)37-30-24(28)14-10-16-29(30)50-2/h6,10-11,14,16,18,21-23,25,27H,1,3-5,7-9,12-13,15,17,19-20H2,2H3,(H2-,38,39,41,43,44,46)/p+1/b11-6-/t21?,23-,25+,27+,36-/m1/s1. The summed E-state index contributed by atoms with van der Waals surface area (Å²) in [5.74, 6) is -2.96. The SMILES string of the molecule is C=[O+]C(=O)[C@@]12CC1/C=C\CCCCC[C@H](NC(=O)OC1CCCC1)C(=O)N1C[C@H](Oc3cc(C(=O)O)nc4c(SC)cccc34)C[C@H]1C(=O)N2.